The van der Waals surface area contributed by atoms with Crippen molar-refractivity contribution in [3.8, 4) is 0 Å². The molecule has 0 bridgehead atoms. The van der Waals surface area contributed by atoms with E-state index in [1.807, 2.05) is 4.90 Å². The van der Waals surface area contributed by atoms with Crippen LogP contribution in [0.4, 0.5) is 0 Å². The summed E-state index contributed by atoms with van der Waals surface area (Å²) in [7, 11) is 0. The quantitative estimate of drug-likeness (QED) is 0.655. The number of carbonyl (C=O) groups is 1. The lowest BCUT2D eigenvalue weighted by molar-refractivity contribution is -0.131. The first-order valence-corrected chi connectivity index (χ1v) is 7.99. The number of rotatable bonds is 3. The van der Waals surface area contributed by atoms with Crippen LogP contribution in [-0.4, -0.2) is 49.1 Å². The van der Waals surface area contributed by atoms with Crippen molar-refractivity contribution < 1.29 is 4.79 Å². The molecule has 112 valence electrons. The molecule has 3 rings (SSSR count). The zero-order chi connectivity index (χ0) is 14.8. The molecule has 1 atom stereocenters. The fraction of sp³-hybridized carbons (Fsp3) is 0.538. The Bertz CT molecular complexity index is 710. The first-order chi connectivity index (χ1) is 10.1. The number of nitrogens with zero attached hydrogens (tertiary/aromatic N) is 3. The molecule has 1 amide bonds. The highest BCUT2D eigenvalue weighted by Crippen LogP contribution is 2.19. The van der Waals surface area contributed by atoms with Crippen LogP contribution in [0.15, 0.2) is 16.3 Å². The zero-order valence-electron chi connectivity index (χ0n) is 11.8. The third-order valence-electron chi connectivity index (χ3n) is 3.73. The predicted molar refractivity (Wildman–Crippen MR) is 80.3 cm³/mol. The van der Waals surface area contributed by atoms with Crippen LogP contribution in [0.25, 0.3) is 11.2 Å². The fourth-order valence-corrected chi connectivity index (χ4v) is 3.31. The van der Waals surface area contributed by atoms with Gasteiger partial charge in [-0.2, -0.15) is 0 Å². The Hall–Kier alpha value is -1.83. The summed E-state index contributed by atoms with van der Waals surface area (Å²) in [6.07, 6.45) is 4.74. The van der Waals surface area contributed by atoms with Gasteiger partial charge in [-0.15, -0.1) is 0 Å². The minimum Gasteiger partial charge on any atom is -0.339 e. The number of aromatic amines is 2. The fourth-order valence-electron chi connectivity index (χ4n) is 2.57. The topological polar surface area (TPSA) is 94.7 Å². The van der Waals surface area contributed by atoms with E-state index in [4.69, 9.17) is 0 Å². The number of aromatic nitrogens is 4. The number of hydrogen-bond acceptors (Lipinski definition) is 5. The number of piperidine rings is 1. The van der Waals surface area contributed by atoms with Gasteiger partial charge in [0.05, 0.1) is 12.1 Å². The number of imidazole rings is 1. The molecule has 2 N–H and O–H groups in total. The Morgan fingerprint density at radius 2 is 2.38 bits per heavy atom. The molecule has 7 nitrogen and oxygen atoms in total. The van der Waals surface area contributed by atoms with Crippen LogP contribution in [0.3, 0.4) is 0 Å². The van der Waals surface area contributed by atoms with Crippen molar-refractivity contribution in [1.29, 1.82) is 0 Å². The summed E-state index contributed by atoms with van der Waals surface area (Å²) < 4.78 is 0. The summed E-state index contributed by atoms with van der Waals surface area (Å²) >= 11 is 1.24. The third-order valence-corrected chi connectivity index (χ3v) is 4.59. The maximum Gasteiger partial charge on any atom is 0.277 e. The minimum atomic E-state index is -0.265. The van der Waals surface area contributed by atoms with Crippen molar-refractivity contribution in [2.24, 2.45) is 0 Å². The number of amides is 1. The number of fused-ring (bicyclic) bond motifs is 1. The van der Waals surface area contributed by atoms with Crippen LogP contribution in [0.2, 0.25) is 0 Å². The smallest absolute Gasteiger partial charge is 0.277 e. The van der Waals surface area contributed by atoms with E-state index in [-0.39, 0.29) is 17.2 Å². The van der Waals surface area contributed by atoms with E-state index in [9.17, 15) is 9.59 Å². The second kappa shape index (κ2) is 5.88. The lowest BCUT2D eigenvalue weighted by atomic mass is 10.0. The van der Waals surface area contributed by atoms with Crippen molar-refractivity contribution in [2.75, 3.05) is 12.3 Å². The number of likely N-dealkylation sites (tertiary alicyclic amines) is 1. The van der Waals surface area contributed by atoms with E-state index >= 15 is 0 Å². The monoisotopic (exact) mass is 307 g/mol. The van der Waals surface area contributed by atoms with Gasteiger partial charge in [0.15, 0.2) is 16.3 Å². The molecule has 0 unspecified atom stereocenters. The predicted octanol–water partition coefficient (Wildman–Crippen LogP) is 1.14. The molecule has 0 saturated carbocycles. The van der Waals surface area contributed by atoms with Gasteiger partial charge in [-0.25, -0.2) is 9.97 Å². The van der Waals surface area contributed by atoms with Crippen molar-refractivity contribution in [2.45, 2.75) is 37.4 Å². The molecular formula is C13H17N5O2S. The minimum absolute atomic E-state index is 0.0944. The van der Waals surface area contributed by atoms with Gasteiger partial charge < -0.3 is 9.88 Å². The van der Waals surface area contributed by atoms with E-state index in [2.05, 4.69) is 26.9 Å². The molecular weight excluding hydrogens is 290 g/mol. The average Bonchev–Trinajstić information content (AvgIpc) is 2.94. The second-order valence-electron chi connectivity index (χ2n) is 5.19. The van der Waals surface area contributed by atoms with Crippen molar-refractivity contribution >= 4 is 28.8 Å². The van der Waals surface area contributed by atoms with E-state index in [0.29, 0.717) is 22.4 Å². The molecule has 1 saturated heterocycles. The Labute approximate surface area is 125 Å². The van der Waals surface area contributed by atoms with Crippen LogP contribution in [0.1, 0.15) is 26.2 Å². The molecule has 0 spiro atoms. The van der Waals surface area contributed by atoms with Crippen LogP contribution in [0, 0.1) is 0 Å². The van der Waals surface area contributed by atoms with Crippen molar-refractivity contribution in [1.82, 2.24) is 24.8 Å². The normalized spacial score (nSPS) is 19.1. The summed E-state index contributed by atoms with van der Waals surface area (Å²) in [5.74, 6) is 0.375. The van der Waals surface area contributed by atoms with Gasteiger partial charge in [-0.3, -0.25) is 14.6 Å². The molecule has 1 aliphatic heterocycles. The summed E-state index contributed by atoms with van der Waals surface area (Å²) in [5.41, 5.74) is 0.467. The van der Waals surface area contributed by atoms with E-state index in [0.717, 1.165) is 19.4 Å². The van der Waals surface area contributed by atoms with E-state index in [1.54, 1.807) is 0 Å². The molecule has 2 aromatic heterocycles. The SMILES string of the molecule is C[C@@H]1CCCCN1C(=O)CSc1nc2nc[nH]c2c(=O)[nH]1. The molecule has 8 heteroatoms. The molecule has 21 heavy (non-hydrogen) atoms. The standard InChI is InChI=1S/C13H17N5O2S/c1-8-4-2-3-5-18(8)9(19)6-21-13-16-11-10(12(20)17-13)14-7-15-11/h7-8H,2-6H2,1H3,(H2,14,15,16,17,20)/t8-/m1/s1. The van der Waals surface area contributed by atoms with Gasteiger partial charge >= 0.3 is 0 Å². The molecule has 0 radical (unpaired) electrons. The number of H-pyrrole nitrogens is 2. The zero-order valence-corrected chi connectivity index (χ0v) is 12.6. The van der Waals surface area contributed by atoms with Crippen LogP contribution < -0.4 is 5.56 Å². The lowest BCUT2D eigenvalue weighted by Crippen LogP contribution is -2.43. The first-order valence-electron chi connectivity index (χ1n) is 7.01. The van der Waals surface area contributed by atoms with Gasteiger partial charge in [-0.05, 0) is 26.2 Å². The molecule has 0 aromatic carbocycles. The average molecular weight is 307 g/mol. The molecule has 0 aliphatic carbocycles. The summed E-state index contributed by atoms with van der Waals surface area (Å²) in [5, 5.41) is 0.428. The van der Waals surface area contributed by atoms with Gasteiger partial charge in [0.25, 0.3) is 5.56 Å². The number of hydrogen-bond donors (Lipinski definition) is 2. The molecule has 2 aromatic rings. The van der Waals surface area contributed by atoms with Gasteiger partial charge in [0.2, 0.25) is 5.91 Å². The summed E-state index contributed by atoms with van der Waals surface area (Å²) in [6, 6.07) is 0.299. The first kappa shape index (κ1) is 14.1. The van der Waals surface area contributed by atoms with E-state index in [1.165, 1.54) is 24.5 Å². The molecule has 1 aliphatic rings. The highest BCUT2D eigenvalue weighted by Gasteiger charge is 2.23. The van der Waals surface area contributed by atoms with Gasteiger partial charge in [-0.1, -0.05) is 11.8 Å². The number of thioether (sulfide) groups is 1. The number of carbonyl (C=O) groups excluding carboxylic acids is 1. The van der Waals surface area contributed by atoms with Crippen LogP contribution >= 0.6 is 11.8 Å². The Morgan fingerprint density at radius 1 is 1.52 bits per heavy atom. The lowest BCUT2D eigenvalue weighted by Gasteiger charge is -2.33. The maximum atomic E-state index is 12.2. The second-order valence-corrected chi connectivity index (χ2v) is 6.16. The Balaban J connectivity index is 1.68. The largest absolute Gasteiger partial charge is 0.339 e. The van der Waals surface area contributed by atoms with Crippen LogP contribution in [-0.2, 0) is 4.79 Å². The van der Waals surface area contributed by atoms with Crippen LogP contribution in [0.5, 0.6) is 0 Å². The summed E-state index contributed by atoms with van der Waals surface area (Å²) in [4.78, 5) is 39.5. The van der Waals surface area contributed by atoms with E-state index < -0.39 is 0 Å². The number of nitrogens with one attached hydrogen (secondary N) is 2. The third kappa shape index (κ3) is 2.94. The molecule has 3 heterocycles. The van der Waals surface area contributed by atoms with Crippen molar-refractivity contribution in [3.63, 3.8) is 0 Å². The summed E-state index contributed by atoms with van der Waals surface area (Å²) in [6.45, 7) is 2.90. The Morgan fingerprint density at radius 3 is 3.19 bits per heavy atom. The highest BCUT2D eigenvalue weighted by molar-refractivity contribution is 7.99. The van der Waals surface area contributed by atoms with Gasteiger partial charge in [0.1, 0.15) is 0 Å². The Kier molecular flexibility index (Phi) is 3.96. The highest BCUT2D eigenvalue weighted by atomic mass is 32.2. The maximum absolute atomic E-state index is 12.2. The van der Waals surface area contributed by atoms with Gasteiger partial charge in [0, 0.05) is 12.6 Å². The molecule has 1 fully saturated rings. The van der Waals surface area contributed by atoms with Crippen molar-refractivity contribution in [3.05, 3.63) is 16.7 Å².